The monoisotopic (exact) mass is 298 g/mol. The Kier molecular flexibility index (Phi) is 5.89. The molecule has 2 rings (SSSR count). The van der Waals surface area contributed by atoms with E-state index in [2.05, 4.69) is 34.4 Å². The number of nitrogens with one attached hydrogen (secondary N) is 2. The highest BCUT2D eigenvalue weighted by molar-refractivity contribution is 5.94. The summed E-state index contributed by atoms with van der Waals surface area (Å²) in [5, 5.41) is 6.14. The molecule has 0 bridgehead atoms. The van der Waals surface area contributed by atoms with Crippen LogP contribution < -0.4 is 10.6 Å². The molecular weight excluding hydrogens is 276 g/mol. The number of carbonyl (C=O) groups is 1. The van der Waals surface area contributed by atoms with Gasteiger partial charge in [0.1, 0.15) is 5.82 Å². The molecule has 0 aliphatic carbocycles. The van der Waals surface area contributed by atoms with E-state index in [4.69, 9.17) is 0 Å². The molecular formula is C17H22N4O. The third-order valence-electron chi connectivity index (χ3n) is 3.25. The quantitative estimate of drug-likeness (QED) is 0.825. The number of pyridine rings is 2. The lowest BCUT2D eigenvalue weighted by Gasteiger charge is -2.09. The minimum absolute atomic E-state index is 0.105. The highest BCUT2D eigenvalue weighted by atomic mass is 16.1. The summed E-state index contributed by atoms with van der Waals surface area (Å²) in [5.41, 5.74) is 1.63. The van der Waals surface area contributed by atoms with Crippen LogP contribution in [-0.2, 0) is 6.54 Å². The highest BCUT2D eigenvalue weighted by Gasteiger charge is 2.06. The van der Waals surface area contributed by atoms with Gasteiger partial charge in [-0.3, -0.25) is 9.78 Å². The van der Waals surface area contributed by atoms with Gasteiger partial charge >= 0.3 is 0 Å². The largest absolute Gasteiger partial charge is 0.370 e. The molecule has 0 radical (unpaired) electrons. The standard InChI is InChI=1S/C17H22N4O/c1-13(2)3-9-19-16-11-15(6-10-20-16)17(22)21-12-14-4-7-18-8-5-14/h4-8,10-11,13H,3,9,12H2,1-2H3,(H,19,20)(H,21,22). The summed E-state index contributed by atoms with van der Waals surface area (Å²) < 4.78 is 0. The van der Waals surface area contributed by atoms with Crippen molar-refractivity contribution in [2.24, 2.45) is 5.92 Å². The molecule has 1 amide bonds. The third kappa shape index (κ3) is 5.16. The van der Waals surface area contributed by atoms with E-state index in [1.54, 1.807) is 30.7 Å². The van der Waals surface area contributed by atoms with Crippen LogP contribution in [0.25, 0.3) is 0 Å². The smallest absolute Gasteiger partial charge is 0.251 e. The van der Waals surface area contributed by atoms with Crippen LogP contribution in [0.15, 0.2) is 42.9 Å². The normalized spacial score (nSPS) is 10.5. The van der Waals surface area contributed by atoms with E-state index >= 15 is 0 Å². The number of hydrogen-bond acceptors (Lipinski definition) is 4. The highest BCUT2D eigenvalue weighted by Crippen LogP contribution is 2.08. The lowest BCUT2D eigenvalue weighted by molar-refractivity contribution is 0.0951. The molecule has 2 aromatic heterocycles. The van der Waals surface area contributed by atoms with E-state index in [-0.39, 0.29) is 5.91 Å². The van der Waals surface area contributed by atoms with Gasteiger partial charge in [0, 0.05) is 37.2 Å². The molecule has 0 saturated heterocycles. The fourth-order valence-corrected chi connectivity index (χ4v) is 1.94. The van der Waals surface area contributed by atoms with Crippen molar-refractivity contribution in [1.29, 1.82) is 0 Å². The van der Waals surface area contributed by atoms with Gasteiger partial charge in [-0.25, -0.2) is 4.98 Å². The predicted octanol–water partition coefficient (Wildman–Crippen LogP) is 2.86. The molecule has 5 heteroatoms. The van der Waals surface area contributed by atoms with Crippen LogP contribution in [0.2, 0.25) is 0 Å². The lowest BCUT2D eigenvalue weighted by atomic mass is 10.1. The maximum Gasteiger partial charge on any atom is 0.251 e. The predicted molar refractivity (Wildman–Crippen MR) is 87.6 cm³/mol. The van der Waals surface area contributed by atoms with Gasteiger partial charge in [0.2, 0.25) is 0 Å². The molecule has 2 heterocycles. The average molecular weight is 298 g/mol. The van der Waals surface area contributed by atoms with Crippen molar-refractivity contribution < 1.29 is 4.79 Å². The molecule has 0 saturated carbocycles. The molecule has 2 N–H and O–H groups in total. The molecule has 2 aromatic rings. The Balaban J connectivity index is 1.89. The summed E-state index contributed by atoms with van der Waals surface area (Å²) in [6, 6.07) is 7.26. The van der Waals surface area contributed by atoms with Gasteiger partial charge in [-0.05, 0) is 42.2 Å². The zero-order chi connectivity index (χ0) is 15.8. The summed E-state index contributed by atoms with van der Waals surface area (Å²) in [7, 11) is 0. The van der Waals surface area contributed by atoms with Gasteiger partial charge in [0.05, 0.1) is 0 Å². The summed E-state index contributed by atoms with van der Waals surface area (Å²) >= 11 is 0. The topological polar surface area (TPSA) is 66.9 Å². The second-order valence-electron chi connectivity index (χ2n) is 5.58. The van der Waals surface area contributed by atoms with E-state index in [0.29, 0.717) is 18.0 Å². The molecule has 0 aliphatic rings. The molecule has 0 aliphatic heterocycles. The first-order valence-electron chi connectivity index (χ1n) is 7.52. The van der Waals surface area contributed by atoms with Crippen molar-refractivity contribution in [1.82, 2.24) is 15.3 Å². The van der Waals surface area contributed by atoms with Crippen LogP contribution in [0.3, 0.4) is 0 Å². The molecule has 0 unspecified atom stereocenters. The van der Waals surface area contributed by atoms with Crippen LogP contribution in [0.4, 0.5) is 5.82 Å². The van der Waals surface area contributed by atoms with Crippen molar-refractivity contribution in [3.05, 3.63) is 54.0 Å². The summed E-state index contributed by atoms with van der Waals surface area (Å²) in [4.78, 5) is 20.4. The van der Waals surface area contributed by atoms with E-state index in [9.17, 15) is 4.79 Å². The van der Waals surface area contributed by atoms with Crippen molar-refractivity contribution in [3.63, 3.8) is 0 Å². The van der Waals surface area contributed by atoms with Crippen LogP contribution >= 0.6 is 0 Å². The second kappa shape index (κ2) is 8.12. The number of carbonyl (C=O) groups excluding carboxylic acids is 1. The Hall–Kier alpha value is -2.43. The third-order valence-corrected chi connectivity index (χ3v) is 3.25. The molecule has 0 aromatic carbocycles. The van der Waals surface area contributed by atoms with E-state index in [1.807, 2.05) is 12.1 Å². The van der Waals surface area contributed by atoms with Crippen molar-refractivity contribution in [2.45, 2.75) is 26.8 Å². The van der Waals surface area contributed by atoms with Crippen LogP contribution in [0.1, 0.15) is 36.2 Å². The lowest BCUT2D eigenvalue weighted by Crippen LogP contribution is -2.23. The first-order valence-corrected chi connectivity index (χ1v) is 7.52. The van der Waals surface area contributed by atoms with Gasteiger partial charge in [-0.2, -0.15) is 0 Å². The number of anilines is 1. The number of rotatable bonds is 7. The summed E-state index contributed by atoms with van der Waals surface area (Å²) in [6.45, 7) is 5.70. The van der Waals surface area contributed by atoms with E-state index < -0.39 is 0 Å². The Labute approximate surface area is 131 Å². The molecule has 0 atom stereocenters. The summed E-state index contributed by atoms with van der Waals surface area (Å²) in [6.07, 6.45) is 6.15. The first kappa shape index (κ1) is 15.9. The minimum Gasteiger partial charge on any atom is -0.370 e. The summed E-state index contributed by atoms with van der Waals surface area (Å²) in [5.74, 6) is 1.27. The molecule has 22 heavy (non-hydrogen) atoms. The number of amides is 1. The van der Waals surface area contributed by atoms with Gasteiger partial charge in [0.15, 0.2) is 0 Å². The van der Waals surface area contributed by atoms with Crippen LogP contribution in [0.5, 0.6) is 0 Å². The Morgan fingerprint density at radius 2 is 1.95 bits per heavy atom. The zero-order valence-corrected chi connectivity index (χ0v) is 13.0. The second-order valence-corrected chi connectivity index (χ2v) is 5.58. The van der Waals surface area contributed by atoms with Crippen molar-refractivity contribution in [2.75, 3.05) is 11.9 Å². The molecule has 5 nitrogen and oxygen atoms in total. The molecule has 0 spiro atoms. The molecule has 116 valence electrons. The minimum atomic E-state index is -0.105. The maximum atomic E-state index is 12.2. The van der Waals surface area contributed by atoms with Crippen molar-refractivity contribution in [3.8, 4) is 0 Å². The Bertz CT molecular complexity index is 599. The van der Waals surface area contributed by atoms with Crippen LogP contribution in [0, 0.1) is 5.92 Å². The van der Waals surface area contributed by atoms with Crippen molar-refractivity contribution >= 4 is 11.7 Å². The number of hydrogen-bond donors (Lipinski definition) is 2. The number of aromatic nitrogens is 2. The van der Waals surface area contributed by atoms with Gasteiger partial charge in [0.25, 0.3) is 5.91 Å². The maximum absolute atomic E-state index is 12.2. The van der Waals surface area contributed by atoms with Gasteiger partial charge < -0.3 is 10.6 Å². The Morgan fingerprint density at radius 3 is 2.68 bits per heavy atom. The van der Waals surface area contributed by atoms with Crippen LogP contribution in [-0.4, -0.2) is 22.4 Å². The SMILES string of the molecule is CC(C)CCNc1cc(C(=O)NCc2ccncc2)ccn1. The molecule has 0 fully saturated rings. The number of nitrogens with zero attached hydrogens (tertiary/aromatic N) is 2. The fourth-order valence-electron chi connectivity index (χ4n) is 1.94. The first-order chi connectivity index (χ1) is 10.6. The zero-order valence-electron chi connectivity index (χ0n) is 13.0. The van der Waals surface area contributed by atoms with E-state index in [0.717, 1.165) is 24.3 Å². The Morgan fingerprint density at radius 1 is 1.18 bits per heavy atom. The van der Waals surface area contributed by atoms with E-state index in [1.165, 1.54) is 0 Å². The van der Waals surface area contributed by atoms with Gasteiger partial charge in [-0.15, -0.1) is 0 Å². The fraction of sp³-hybridized carbons (Fsp3) is 0.353. The average Bonchev–Trinajstić information content (AvgIpc) is 2.53. The van der Waals surface area contributed by atoms with Gasteiger partial charge in [-0.1, -0.05) is 13.8 Å².